The molecule has 0 atom stereocenters. The van der Waals surface area contributed by atoms with Gasteiger partial charge in [-0.1, -0.05) is 48.5 Å². The number of benzene rings is 2. The van der Waals surface area contributed by atoms with E-state index in [1.807, 2.05) is 48.5 Å². The number of nitrogens with one attached hydrogen (secondary N) is 2. The molecule has 0 spiro atoms. The zero-order valence-corrected chi connectivity index (χ0v) is 23.6. The Balaban J connectivity index is 1.35. The summed E-state index contributed by atoms with van der Waals surface area (Å²) < 4.78 is 26.5. The highest BCUT2D eigenvalue weighted by Gasteiger charge is 2.18. The lowest BCUT2D eigenvalue weighted by Crippen LogP contribution is -2.33. The first-order valence-electron chi connectivity index (χ1n) is 13.1. The van der Waals surface area contributed by atoms with Crippen molar-refractivity contribution in [1.82, 2.24) is 24.6 Å². The molecule has 1 amide bonds. The predicted octanol–water partition coefficient (Wildman–Crippen LogP) is 4.08. The molecule has 2 aromatic carbocycles. The molecule has 0 unspecified atom stereocenters. The number of rotatable bonds is 13. The second-order valence-corrected chi connectivity index (χ2v) is 11.5. The number of hydrogen-bond donors (Lipinski definition) is 2. The largest absolute Gasteiger partial charge is 0.354 e. The molecule has 0 aliphatic carbocycles. The van der Waals surface area contributed by atoms with Crippen molar-refractivity contribution < 1.29 is 13.2 Å². The molecule has 4 rings (SSSR count). The standard InChI is InChI=1S/C30H34N6O3S/c1-23-27(13-7-16-31-23)29(37)32-17-8-20-36(40(2,38)39)22-25-11-6-12-26(21-25)28-15-19-34-30(35-28)33-18-14-24-9-4-3-5-10-24/h3-7,9-13,15-16,19,21H,8,14,17-18,20,22H2,1-2H3,(H,32,37)(H,33,34,35). The molecule has 2 N–H and O–H groups in total. The fraction of sp³-hybridized carbons (Fsp3) is 0.267. The van der Waals surface area contributed by atoms with Crippen LogP contribution in [0.5, 0.6) is 0 Å². The smallest absolute Gasteiger partial charge is 0.253 e. The molecule has 2 aromatic heterocycles. The second-order valence-electron chi connectivity index (χ2n) is 9.47. The number of carbonyl (C=O) groups excluding carboxylic acids is 1. The van der Waals surface area contributed by atoms with Crippen LogP contribution in [0.1, 0.15) is 33.6 Å². The monoisotopic (exact) mass is 558 g/mol. The minimum atomic E-state index is -3.47. The summed E-state index contributed by atoms with van der Waals surface area (Å²) in [6, 6.07) is 23.2. The molecule has 0 aliphatic heterocycles. The molecule has 2 heterocycles. The van der Waals surface area contributed by atoms with Gasteiger partial charge in [0.1, 0.15) is 0 Å². The summed E-state index contributed by atoms with van der Waals surface area (Å²) in [5.74, 6) is 0.322. The lowest BCUT2D eigenvalue weighted by Gasteiger charge is -2.20. The zero-order valence-electron chi connectivity index (χ0n) is 22.7. The van der Waals surface area contributed by atoms with E-state index in [1.165, 1.54) is 16.1 Å². The van der Waals surface area contributed by atoms with Crippen molar-refractivity contribution >= 4 is 21.9 Å². The van der Waals surface area contributed by atoms with Crippen LogP contribution in [0.4, 0.5) is 5.95 Å². The number of sulfonamides is 1. The third kappa shape index (κ3) is 8.42. The quantitative estimate of drug-likeness (QED) is 0.238. The van der Waals surface area contributed by atoms with Gasteiger partial charge in [-0.15, -0.1) is 0 Å². The van der Waals surface area contributed by atoms with E-state index in [0.717, 1.165) is 23.2 Å². The van der Waals surface area contributed by atoms with Crippen LogP contribution in [0.25, 0.3) is 11.3 Å². The van der Waals surface area contributed by atoms with Gasteiger partial charge in [-0.25, -0.2) is 18.4 Å². The van der Waals surface area contributed by atoms with Crippen molar-refractivity contribution in [1.29, 1.82) is 0 Å². The molecule has 4 aromatic rings. The minimum Gasteiger partial charge on any atom is -0.354 e. The van der Waals surface area contributed by atoms with E-state index in [1.54, 1.807) is 31.5 Å². The van der Waals surface area contributed by atoms with Crippen LogP contribution < -0.4 is 10.6 Å². The van der Waals surface area contributed by atoms with Gasteiger partial charge in [0.2, 0.25) is 16.0 Å². The van der Waals surface area contributed by atoms with E-state index >= 15 is 0 Å². The second kappa shape index (κ2) is 13.8. The van der Waals surface area contributed by atoms with E-state index in [-0.39, 0.29) is 19.0 Å². The SMILES string of the molecule is Cc1ncccc1C(=O)NCCCN(Cc1cccc(-c2ccnc(NCCc3ccccc3)n2)c1)S(C)(=O)=O. The maximum absolute atomic E-state index is 12.5. The van der Waals surface area contributed by atoms with Crippen LogP contribution in [-0.2, 0) is 23.0 Å². The Morgan fingerprint density at radius 2 is 1.70 bits per heavy atom. The lowest BCUT2D eigenvalue weighted by atomic mass is 10.1. The molecule has 0 radical (unpaired) electrons. The summed E-state index contributed by atoms with van der Waals surface area (Å²) in [6.45, 7) is 3.33. The Bertz CT molecular complexity index is 1530. The van der Waals surface area contributed by atoms with Crippen LogP contribution in [0, 0.1) is 6.92 Å². The molecule has 0 fully saturated rings. The molecule has 0 saturated carbocycles. The van der Waals surface area contributed by atoms with Crippen molar-refractivity contribution in [3.05, 3.63) is 108 Å². The first-order chi connectivity index (χ1) is 19.3. The highest BCUT2D eigenvalue weighted by molar-refractivity contribution is 7.88. The molecule has 0 aliphatic rings. The van der Waals surface area contributed by atoms with Crippen molar-refractivity contribution in [3.8, 4) is 11.3 Å². The van der Waals surface area contributed by atoms with Crippen molar-refractivity contribution in [2.75, 3.05) is 31.2 Å². The van der Waals surface area contributed by atoms with E-state index in [2.05, 4.69) is 37.7 Å². The normalized spacial score (nSPS) is 11.4. The van der Waals surface area contributed by atoms with Crippen LogP contribution in [0.3, 0.4) is 0 Å². The highest BCUT2D eigenvalue weighted by atomic mass is 32.2. The number of aryl methyl sites for hydroxylation is 1. The van der Waals surface area contributed by atoms with E-state index < -0.39 is 10.0 Å². The summed E-state index contributed by atoms with van der Waals surface area (Å²) in [5, 5.41) is 6.13. The molecular weight excluding hydrogens is 524 g/mol. The first-order valence-corrected chi connectivity index (χ1v) is 15.0. The van der Waals surface area contributed by atoms with Crippen LogP contribution in [-0.4, -0.2) is 59.5 Å². The van der Waals surface area contributed by atoms with Gasteiger partial charge in [0.05, 0.1) is 17.5 Å². The van der Waals surface area contributed by atoms with Gasteiger partial charge in [0, 0.05) is 49.8 Å². The number of nitrogens with zero attached hydrogens (tertiary/aromatic N) is 4. The number of amides is 1. The fourth-order valence-electron chi connectivity index (χ4n) is 4.24. The zero-order chi connectivity index (χ0) is 28.4. The number of carbonyl (C=O) groups is 1. The Morgan fingerprint density at radius 1 is 0.900 bits per heavy atom. The van der Waals surface area contributed by atoms with Gasteiger partial charge in [-0.2, -0.15) is 4.31 Å². The Kier molecular flexibility index (Phi) is 9.93. The van der Waals surface area contributed by atoms with E-state index in [0.29, 0.717) is 36.7 Å². The van der Waals surface area contributed by atoms with Gasteiger partial charge in [-0.3, -0.25) is 9.78 Å². The Hall–Kier alpha value is -4.15. The van der Waals surface area contributed by atoms with Gasteiger partial charge in [0.15, 0.2) is 0 Å². The number of pyridine rings is 1. The van der Waals surface area contributed by atoms with Crippen molar-refractivity contribution in [2.45, 2.75) is 26.3 Å². The molecule has 40 heavy (non-hydrogen) atoms. The minimum absolute atomic E-state index is 0.218. The van der Waals surface area contributed by atoms with Gasteiger partial charge >= 0.3 is 0 Å². The molecular formula is C30H34N6O3S. The van der Waals surface area contributed by atoms with Crippen LogP contribution in [0.2, 0.25) is 0 Å². The number of aromatic nitrogens is 3. The summed E-state index contributed by atoms with van der Waals surface area (Å²) in [5.41, 5.74) is 4.86. The topological polar surface area (TPSA) is 117 Å². The van der Waals surface area contributed by atoms with E-state index in [9.17, 15) is 13.2 Å². The summed E-state index contributed by atoms with van der Waals surface area (Å²) >= 11 is 0. The average molecular weight is 559 g/mol. The maximum atomic E-state index is 12.5. The highest BCUT2D eigenvalue weighted by Crippen LogP contribution is 2.21. The van der Waals surface area contributed by atoms with Crippen LogP contribution in [0.15, 0.2) is 85.2 Å². The van der Waals surface area contributed by atoms with Crippen molar-refractivity contribution in [3.63, 3.8) is 0 Å². The summed E-state index contributed by atoms with van der Waals surface area (Å²) in [4.78, 5) is 25.5. The molecule has 0 bridgehead atoms. The third-order valence-corrected chi connectivity index (χ3v) is 7.62. The lowest BCUT2D eigenvalue weighted by molar-refractivity contribution is 0.0951. The Morgan fingerprint density at radius 3 is 2.48 bits per heavy atom. The van der Waals surface area contributed by atoms with E-state index in [4.69, 9.17) is 0 Å². The molecule has 208 valence electrons. The van der Waals surface area contributed by atoms with Gasteiger partial charge < -0.3 is 10.6 Å². The van der Waals surface area contributed by atoms with Crippen LogP contribution >= 0.6 is 0 Å². The van der Waals surface area contributed by atoms with Gasteiger partial charge in [0.25, 0.3) is 5.91 Å². The predicted molar refractivity (Wildman–Crippen MR) is 157 cm³/mol. The fourth-order valence-corrected chi connectivity index (χ4v) is 5.08. The van der Waals surface area contributed by atoms with Crippen molar-refractivity contribution in [2.24, 2.45) is 0 Å². The molecule has 9 nitrogen and oxygen atoms in total. The molecule has 10 heteroatoms. The average Bonchev–Trinajstić information content (AvgIpc) is 2.95. The number of hydrogen-bond acceptors (Lipinski definition) is 7. The maximum Gasteiger partial charge on any atom is 0.253 e. The van der Waals surface area contributed by atoms with Gasteiger partial charge in [-0.05, 0) is 55.2 Å². The third-order valence-electron chi connectivity index (χ3n) is 6.37. The number of anilines is 1. The Labute approximate surface area is 235 Å². The molecule has 0 saturated heterocycles. The summed E-state index contributed by atoms with van der Waals surface area (Å²) in [7, 11) is -3.47. The summed E-state index contributed by atoms with van der Waals surface area (Å²) in [6.07, 6.45) is 5.88. The first kappa shape index (κ1) is 28.8.